The van der Waals surface area contributed by atoms with E-state index in [2.05, 4.69) is 5.32 Å². The molecule has 0 aliphatic carbocycles. The number of carbonyl (C=O) groups excluding carboxylic acids is 2. The van der Waals surface area contributed by atoms with E-state index in [1.807, 2.05) is 0 Å². The van der Waals surface area contributed by atoms with Gasteiger partial charge in [0.15, 0.2) is 5.78 Å². The fourth-order valence-corrected chi connectivity index (χ4v) is 1.85. The summed E-state index contributed by atoms with van der Waals surface area (Å²) < 4.78 is 12.7. The second-order valence-corrected chi connectivity index (χ2v) is 4.28. The summed E-state index contributed by atoms with van der Waals surface area (Å²) in [5.41, 5.74) is 0.366. The Morgan fingerprint density at radius 2 is 1.70 bits per heavy atom. The molecule has 1 aliphatic rings. The third-order valence-electron chi connectivity index (χ3n) is 2.93. The van der Waals surface area contributed by atoms with Gasteiger partial charge in [0.1, 0.15) is 5.82 Å². The summed E-state index contributed by atoms with van der Waals surface area (Å²) in [6.07, 6.45) is 2.51. The molecule has 20 heavy (non-hydrogen) atoms. The van der Waals surface area contributed by atoms with Crippen molar-refractivity contribution in [2.45, 2.75) is 0 Å². The lowest BCUT2D eigenvalue weighted by Crippen LogP contribution is -2.45. The lowest BCUT2D eigenvalue weighted by atomic mass is 10.1. The van der Waals surface area contributed by atoms with Crippen LogP contribution < -0.4 is 5.32 Å². The Hall–Kier alpha value is -1.72. The summed E-state index contributed by atoms with van der Waals surface area (Å²) in [6, 6.07) is 5.24. The lowest BCUT2D eigenvalue weighted by molar-refractivity contribution is -0.126. The molecule has 0 unspecified atom stereocenters. The number of nitrogens with zero attached hydrogens (tertiary/aromatic N) is 1. The maximum atomic E-state index is 12.7. The van der Waals surface area contributed by atoms with Gasteiger partial charge in [-0.25, -0.2) is 4.39 Å². The van der Waals surface area contributed by atoms with Crippen molar-refractivity contribution in [2.24, 2.45) is 0 Å². The van der Waals surface area contributed by atoms with Crippen LogP contribution in [0.2, 0.25) is 0 Å². The fraction of sp³-hybridized carbons (Fsp3) is 0.286. The minimum atomic E-state index is -0.391. The van der Waals surface area contributed by atoms with Crippen LogP contribution in [0.4, 0.5) is 4.39 Å². The zero-order chi connectivity index (χ0) is 13.7. The first kappa shape index (κ1) is 16.3. The molecule has 1 fully saturated rings. The molecule has 2 rings (SSSR count). The normalized spacial score (nSPS) is 14.9. The maximum Gasteiger partial charge on any atom is 0.246 e. The molecule has 1 saturated heterocycles. The van der Waals surface area contributed by atoms with Gasteiger partial charge in [0.25, 0.3) is 0 Å². The highest BCUT2D eigenvalue weighted by atomic mass is 35.5. The van der Waals surface area contributed by atoms with E-state index in [1.54, 1.807) is 4.90 Å². The topological polar surface area (TPSA) is 49.4 Å². The molecular weight excluding hydrogens is 283 g/mol. The smallest absolute Gasteiger partial charge is 0.246 e. The van der Waals surface area contributed by atoms with Crippen molar-refractivity contribution < 1.29 is 14.0 Å². The van der Waals surface area contributed by atoms with E-state index in [1.165, 1.54) is 36.4 Å². The first-order chi connectivity index (χ1) is 9.16. The van der Waals surface area contributed by atoms with E-state index in [9.17, 15) is 14.0 Å². The van der Waals surface area contributed by atoms with Crippen LogP contribution in [0.5, 0.6) is 0 Å². The van der Waals surface area contributed by atoms with Crippen LogP contribution in [-0.4, -0.2) is 42.8 Å². The van der Waals surface area contributed by atoms with E-state index in [4.69, 9.17) is 0 Å². The molecule has 0 bridgehead atoms. The predicted octanol–water partition coefficient (Wildman–Crippen LogP) is 1.42. The predicted molar refractivity (Wildman–Crippen MR) is 76.6 cm³/mol. The number of ketones is 1. The lowest BCUT2D eigenvalue weighted by Gasteiger charge is -2.26. The highest BCUT2D eigenvalue weighted by Crippen LogP contribution is 2.05. The average molecular weight is 299 g/mol. The minimum absolute atomic E-state index is 0. The Morgan fingerprint density at radius 1 is 1.10 bits per heavy atom. The van der Waals surface area contributed by atoms with Crippen molar-refractivity contribution >= 4 is 24.1 Å². The van der Waals surface area contributed by atoms with Gasteiger partial charge in [-0.1, -0.05) is 0 Å². The van der Waals surface area contributed by atoms with Crippen LogP contribution in [0.25, 0.3) is 0 Å². The maximum absolute atomic E-state index is 12.7. The van der Waals surface area contributed by atoms with Gasteiger partial charge in [0.2, 0.25) is 5.91 Å². The van der Waals surface area contributed by atoms with Crippen molar-refractivity contribution in [2.75, 3.05) is 26.2 Å². The Bertz CT molecular complexity index is 496. The molecule has 108 valence electrons. The number of piperazine rings is 1. The summed E-state index contributed by atoms with van der Waals surface area (Å²) in [5.74, 6) is -0.863. The minimum Gasteiger partial charge on any atom is -0.337 e. The average Bonchev–Trinajstić information content (AvgIpc) is 2.46. The Kier molecular flexibility index (Phi) is 6.35. The second kappa shape index (κ2) is 7.77. The van der Waals surface area contributed by atoms with Crippen LogP contribution >= 0.6 is 12.4 Å². The number of hydrogen-bond acceptors (Lipinski definition) is 3. The molecule has 1 amide bonds. The standard InChI is InChI=1S/C14H15FN2O2.ClH/c15-12-3-1-11(2-4-12)13(18)5-6-14(19)17-9-7-16-8-10-17;/h1-6,16H,7-10H2;1H/b6-5+;. The van der Waals surface area contributed by atoms with Gasteiger partial charge in [0, 0.05) is 37.8 Å². The quantitative estimate of drug-likeness (QED) is 0.678. The van der Waals surface area contributed by atoms with Gasteiger partial charge in [-0.3, -0.25) is 9.59 Å². The third kappa shape index (κ3) is 4.43. The summed E-state index contributed by atoms with van der Waals surface area (Å²) in [6.45, 7) is 2.83. The van der Waals surface area contributed by atoms with Crippen LogP contribution in [0.1, 0.15) is 10.4 Å². The number of allylic oxidation sites excluding steroid dienone is 1. The summed E-state index contributed by atoms with van der Waals surface area (Å²) in [4.78, 5) is 25.2. The summed E-state index contributed by atoms with van der Waals surface area (Å²) in [5, 5.41) is 3.15. The van der Waals surface area contributed by atoms with E-state index < -0.39 is 5.82 Å². The first-order valence-electron chi connectivity index (χ1n) is 6.14. The number of hydrogen-bond donors (Lipinski definition) is 1. The van der Waals surface area contributed by atoms with Crippen molar-refractivity contribution in [1.82, 2.24) is 10.2 Å². The highest BCUT2D eigenvalue weighted by molar-refractivity contribution is 6.07. The molecule has 1 aromatic carbocycles. The molecule has 4 nitrogen and oxygen atoms in total. The number of nitrogens with one attached hydrogen (secondary N) is 1. The Morgan fingerprint density at radius 3 is 2.30 bits per heavy atom. The number of benzene rings is 1. The van der Waals surface area contributed by atoms with Crippen molar-refractivity contribution in [1.29, 1.82) is 0 Å². The van der Waals surface area contributed by atoms with Crippen molar-refractivity contribution in [3.05, 3.63) is 47.8 Å². The molecule has 0 radical (unpaired) electrons. The van der Waals surface area contributed by atoms with E-state index in [0.29, 0.717) is 18.7 Å². The van der Waals surface area contributed by atoms with Gasteiger partial charge < -0.3 is 10.2 Å². The molecule has 0 atom stereocenters. The van der Waals surface area contributed by atoms with E-state index >= 15 is 0 Å². The molecular formula is C14H16ClFN2O2. The zero-order valence-electron chi connectivity index (χ0n) is 10.8. The van der Waals surface area contributed by atoms with Crippen LogP contribution in [0, 0.1) is 5.82 Å². The molecule has 0 saturated carbocycles. The fourth-order valence-electron chi connectivity index (χ4n) is 1.85. The second-order valence-electron chi connectivity index (χ2n) is 4.28. The van der Waals surface area contributed by atoms with E-state index in [-0.39, 0.29) is 24.1 Å². The van der Waals surface area contributed by atoms with Gasteiger partial charge in [-0.15, -0.1) is 12.4 Å². The molecule has 0 spiro atoms. The number of rotatable bonds is 3. The third-order valence-corrected chi connectivity index (χ3v) is 2.93. The largest absolute Gasteiger partial charge is 0.337 e. The molecule has 1 aromatic rings. The van der Waals surface area contributed by atoms with Crippen LogP contribution in [0.15, 0.2) is 36.4 Å². The summed E-state index contributed by atoms with van der Waals surface area (Å²) in [7, 11) is 0. The SMILES string of the molecule is Cl.O=C(/C=C/C(=O)N1CCNCC1)c1ccc(F)cc1. The van der Waals surface area contributed by atoms with Gasteiger partial charge in [-0.05, 0) is 30.3 Å². The van der Waals surface area contributed by atoms with E-state index in [0.717, 1.165) is 13.1 Å². The van der Waals surface area contributed by atoms with Crippen LogP contribution in [0.3, 0.4) is 0 Å². The molecule has 0 aromatic heterocycles. The van der Waals surface area contributed by atoms with Gasteiger partial charge >= 0.3 is 0 Å². The molecule has 1 heterocycles. The molecule has 1 N–H and O–H groups in total. The Balaban J connectivity index is 0.00000200. The highest BCUT2D eigenvalue weighted by Gasteiger charge is 2.13. The van der Waals surface area contributed by atoms with Gasteiger partial charge in [-0.2, -0.15) is 0 Å². The van der Waals surface area contributed by atoms with Crippen molar-refractivity contribution in [3.63, 3.8) is 0 Å². The van der Waals surface area contributed by atoms with Gasteiger partial charge in [0.05, 0.1) is 0 Å². The number of halogens is 2. The number of carbonyl (C=O) groups is 2. The molecule has 1 aliphatic heterocycles. The first-order valence-corrected chi connectivity index (χ1v) is 6.14. The van der Waals surface area contributed by atoms with Crippen molar-refractivity contribution in [3.8, 4) is 0 Å². The monoisotopic (exact) mass is 298 g/mol. The van der Waals surface area contributed by atoms with Crippen LogP contribution in [-0.2, 0) is 4.79 Å². The molecule has 6 heteroatoms. The Labute approximate surface area is 123 Å². The zero-order valence-corrected chi connectivity index (χ0v) is 11.7. The number of amides is 1. The summed E-state index contributed by atoms with van der Waals surface area (Å²) >= 11 is 0.